The van der Waals surface area contributed by atoms with E-state index in [0.717, 1.165) is 15.7 Å². The van der Waals surface area contributed by atoms with Gasteiger partial charge < -0.3 is 15.0 Å². The van der Waals surface area contributed by atoms with E-state index in [-0.39, 0.29) is 24.7 Å². The molecule has 0 saturated carbocycles. The van der Waals surface area contributed by atoms with E-state index >= 15 is 0 Å². The normalized spacial score (nSPS) is 12.9. The van der Waals surface area contributed by atoms with Crippen LogP contribution in [0.1, 0.15) is 18.4 Å². The Kier molecular flexibility index (Phi) is 5.71. The van der Waals surface area contributed by atoms with Crippen LogP contribution in [0.4, 0.5) is 5.69 Å². The Bertz CT molecular complexity index is 779. The van der Waals surface area contributed by atoms with Crippen LogP contribution in [0.3, 0.4) is 0 Å². The molecule has 0 atom stereocenters. The Balaban J connectivity index is 1.50. The molecule has 1 aliphatic rings. The molecule has 0 saturated heterocycles. The second kappa shape index (κ2) is 8.16. The van der Waals surface area contributed by atoms with Crippen molar-refractivity contribution < 1.29 is 14.3 Å². The van der Waals surface area contributed by atoms with Gasteiger partial charge in [-0.05, 0) is 29.8 Å². The quantitative estimate of drug-likeness (QED) is 0.834. The molecule has 0 radical (unpaired) electrons. The first-order valence-electron chi connectivity index (χ1n) is 8.17. The van der Waals surface area contributed by atoms with Gasteiger partial charge in [-0.2, -0.15) is 0 Å². The smallest absolute Gasteiger partial charge is 0.227 e. The van der Waals surface area contributed by atoms with Gasteiger partial charge in [0.2, 0.25) is 11.8 Å². The van der Waals surface area contributed by atoms with E-state index in [1.165, 1.54) is 0 Å². The maximum Gasteiger partial charge on any atom is 0.227 e. The minimum atomic E-state index is -0.130. The van der Waals surface area contributed by atoms with E-state index in [9.17, 15) is 9.59 Å². The van der Waals surface area contributed by atoms with Crippen LogP contribution >= 0.6 is 15.9 Å². The Morgan fingerprint density at radius 3 is 2.80 bits per heavy atom. The lowest BCUT2D eigenvalue weighted by Gasteiger charge is -2.29. The lowest BCUT2D eigenvalue weighted by molar-refractivity contribution is -0.125. The molecule has 0 unspecified atom stereocenters. The maximum atomic E-state index is 12.5. The second-order valence-corrected chi connectivity index (χ2v) is 6.68. The van der Waals surface area contributed by atoms with Gasteiger partial charge in [-0.1, -0.05) is 40.2 Å². The summed E-state index contributed by atoms with van der Waals surface area (Å²) >= 11 is 3.40. The molecule has 3 rings (SSSR count). The van der Waals surface area contributed by atoms with Gasteiger partial charge in [0, 0.05) is 23.9 Å². The summed E-state index contributed by atoms with van der Waals surface area (Å²) in [5, 5.41) is 2.85. The van der Waals surface area contributed by atoms with Crippen LogP contribution in [-0.2, 0) is 16.1 Å². The number of para-hydroxylation sites is 2. The first-order valence-corrected chi connectivity index (χ1v) is 8.96. The first-order chi connectivity index (χ1) is 12.1. The topological polar surface area (TPSA) is 58.6 Å². The summed E-state index contributed by atoms with van der Waals surface area (Å²) in [4.78, 5) is 26.2. The van der Waals surface area contributed by atoms with E-state index in [0.29, 0.717) is 25.4 Å². The molecule has 130 valence electrons. The van der Waals surface area contributed by atoms with E-state index < -0.39 is 0 Å². The number of nitrogens with one attached hydrogen (secondary N) is 1. The van der Waals surface area contributed by atoms with Crippen LogP contribution in [0.25, 0.3) is 0 Å². The number of carbonyl (C=O) groups excluding carboxylic acids is 2. The lowest BCUT2D eigenvalue weighted by atomic mass is 10.2. The summed E-state index contributed by atoms with van der Waals surface area (Å²) in [6.07, 6.45) is 0.352. The lowest BCUT2D eigenvalue weighted by Crippen LogP contribution is -2.38. The van der Waals surface area contributed by atoms with Crippen molar-refractivity contribution in [2.45, 2.75) is 19.4 Å². The molecule has 0 aromatic heterocycles. The van der Waals surface area contributed by atoms with Crippen molar-refractivity contribution in [1.29, 1.82) is 0 Å². The average molecular weight is 403 g/mol. The Morgan fingerprint density at radius 1 is 1.12 bits per heavy atom. The van der Waals surface area contributed by atoms with Crippen molar-refractivity contribution in [3.63, 3.8) is 0 Å². The minimum absolute atomic E-state index is 0.0617. The van der Waals surface area contributed by atoms with Crippen LogP contribution in [0.2, 0.25) is 0 Å². The monoisotopic (exact) mass is 402 g/mol. The maximum absolute atomic E-state index is 12.5. The molecule has 25 heavy (non-hydrogen) atoms. The molecule has 1 aliphatic heterocycles. The number of benzene rings is 2. The number of amides is 2. The number of carbonyl (C=O) groups is 2. The highest BCUT2D eigenvalue weighted by atomic mass is 79.9. The van der Waals surface area contributed by atoms with E-state index in [2.05, 4.69) is 21.2 Å². The predicted octanol–water partition coefficient (Wildman–Crippen LogP) is 3.27. The SMILES string of the molecule is O=C(CCC(=O)N1CCOc2ccccc21)NCc1cccc(Br)c1. The molecule has 2 amide bonds. The van der Waals surface area contributed by atoms with E-state index in [4.69, 9.17) is 4.74 Å². The highest BCUT2D eigenvalue weighted by Gasteiger charge is 2.23. The summed E-state index contributed by atoms with van der Waals surface area (Å²) < 4.78 is 6.52. The zero-order valence-electron chi connectivity index (χ0n) is 13.7. The van der Waals surface area contributed by atoms with Gasteiger partial charge in [-0.3, -0.25) is 9.59 Å². The number of ether oxygens (including phenoxy) is 1. The number of halogens is 1. The van der Waals surface area contributed by atoms with Crippen LogP contribution in [-0.4, -0.2) is 25.0 Å². The number of anilines is 1. The van der Waals surface area contributed by atoms with Crippen molar-refractivity contribution in [3.8, 4) is 5.75 Å². The Morgan fingerprint density at radius 2 is 1.96 bits per heavy atom. The number of rotatable bonds is 5. The molecule has 1 heterocycles. The first kappa shape index (κ1) is 17.5. The molecule has 5 nitrogen and oxygen atoms in total. The fourth-order valence-electron chi connectivity index (χ4n) is 2.72. The predicted molar refractivity (Wildman–Crippen MR) is 99.5 cm³/mol. The molecule has 0 fully saturated rings. The molecule has 2 aromatic rings. The van der Waals surface area contributed by atoms with Gasteiger partial charge >= 0.3 is 0 Å². The molecule has 0 aliphatic carbocycles. The number of hydrogen-bond donors (Lipinski definition) is 1. The number of nitrogens with zero attached hydrogens (tertiary/aromatic N) is 1. The molecule has 0 spiro atoms. The molecule has 0 bridgehead atoms. The van der Waals surface area contributed by atoms with Crippen molar-refractivity contribution in [1.82, 2.24) is 5.32 Å². The third-order valence-corrected chi connectivity index (χ3v) is 4.47. The fraction of sp³-hybridized carbons (Fsp3) is 0.263. The Hall–Kier alpha value is -2.34. The molecule has 1 N–H and O–H groups in total. The molecular formula is C19H19BrN2O3. The zero-order valence-corrected chi connectivity index (χ0v) is 15.3. The highest BCUT2D eigenvalue weighted by Crippen LogP contribution is 2.31. The van der Waals surface area contributed by atoms with Crippen LogP contribution in [0.5, 0.6) is 5.75 Å². The average Bonchev–Trinajstić information content (AvgIpc) is 2.64. The second-order valence-electron chi connectivity index (χ2n) is 5.77. The molecular weight excluding hydrogens is 384 g/mol. The Labute approximate surface area is 155 Å². The van der Waals surface area contributed by atoms with Gasteiger partial charge in [0.1, 0.15) is 12.4 Å². The summed E-state index contributed by atoms with van der Waals surface area (Å²) in [6.45, 7) is 1.43. The van der Waals surface area contributed by atoms with E-state index in [1.54, 1.807) is 4.90 Å². The third kappa shape index (κ3) is 4.60. The van der Waals surface area contributed by atoms with Gasteiger partial charge in [0.15, 0.2) is 0 Å². The van der Waals surface area contributed by atoms with Crippen molar-refractivity contribution in [2.24, 2.45) is 0 Å². The summed E-state index contributed by atoms with van der Waals surface area (Å²) in [7, 11) is 0. The van der Waals surface area contributed by atoms with Crippen molar-refractivity contribution >= 4 is 33.4 Å². The van der Waals surface area contributed by atoms with Gasteiger partial charge in [0.25, 0.3) is 0 Å². The van der Waals surface area contributed by atoms with E-state index in [1.807, 2.05) is 48.5 Å². The zero-order chi connectivity index (χ0) is 17.6. The standard InChI is InChI=1S/C19H19BrN2O3/c20-15-5-3-4-14(12-15)13-21-18(23)8-9-19(24)22-10-11-25-17-7-2-1-6-16(17)22/h1-7,12H,8-11,13H2,(H,21,23). The van der Waals surface area contributed by atoms with Crippen molar-refractivity contribution in [3.05, 3.63) is 58.6 Å². The summed E-state index contributed by atoms with van der Waals surface area (Å²) in [6, 6.07) is 15.2. The summed E-state index contributed by atoms with van der Waals surface area (Å²) in [5.41, 5.74) is 1.78. The molecule has 2 aromatic carbocycles. The summed E-state index contributed by atoms with van der Waals surface area (Å²) in [5.74, 6) is 0.518. The number of fused-ring (bicyclic) bond motifs is 1. The minimum Gasteiger partial charge on any atom is -0.490 e. The molecule has 6 heteroatoms. The van der Waals surface area contributed by atoms with Crippen molar-refractivity contribution in [2.75, 3.05) is 18.1 Å². The van der Waals surface area contributed by atoms with Crippen LogP contribution in [0, 0.1) is 0 Å². The van der Waals surface area contributed by atoms with Gasteiger partial charge in [-0.25, -0.2) is 0 Å². The number of hydrogen-bond acceptors (Lipinski definition) is 3. The third-order valence-electron chi connectivity index (χ3n) is 3.97. The van der Waals surface area contributed by atoms with Gasteiger partial charge in [0.05, 0.1) is 12.2 Å². The largest absolute Gasteiger partial charge is 0.490 e. The highest BCUT2D eigenvalue weighted by molar-refractivity contribution is 9.10. The van der Waals surface area contributed by atoms with Gasteiger partial charge in [-0.15, -0.1) is 0 Å². The fourth-order valence-corrected chi connectivity index (χ4v) is 3.17. The van der Waals surface area contributed by atoms with Crippen LogP contribution < -0.4 is 15.0 Å². The van der Waals surface area contributed by atoms with Crippen LogP contribution in [0.15, 0.2) is 53.0 Å².